The minimum Gasteiger partial charge on any atom is -0.438 e. The number of oxazole rings is 1. The topological polar surface area (TPSA) is 55.1 Å². The smallest absolute Gasteiger partial charge is 0.311 e. The van der Waals surface area contributed by atoms with Crippen LogP contribution in [0, 0.1) is 6.92 Å². The van der Waals surface area contributed by atoms with E-state index in [4.69, 9.17) is 4.42 Å². The van der Waals surface area contributed by atoms with Crippen molar-refractivity contribution in [3.8, 4) is 0 Å². The van der Waals surface area contributed by atoms with Crippen molar-refractivity contribution in [1.82, 2.24) is 4.98 Å². The van der Waals surface area contributed by atoms with Crippen molar-refractivity contribution < 1.29 is 9.21 Å². The Morgan fingerprint density at radius 3 is 2.37 bits per heavy atom. The van der Waals surface area contributed by atoms with Gasteiger partial charge in [-0.15, -0.1) is 0 Å². The van der Waals surface area contributed by atoms with Crippen molar-refractivity contribution in [3.05, 3.63) is 47.2 Å². The van der Waals surface area contributed by atoms with Crippen LogP contribution < -0.4 is 5.32 Å². The minimum absolute atomic E-state index is 0.102. The SMILES string of the molecule is CCc1cccc(CC)c1NC(=O)c1ncc(C)o1. The molecule has 0 radical (unpaired) electrons. The number of rotatable bonds is 4. The van der Waals surface area contributed by atoms with E-state index in [-0.39, 0.29) is 11.8 Å². The van der Waals surface area contributed by atoms with Gasteiger partial charge in [0.25, 0.3) is 5.89 Å². The molecule has 0 bridgehead atoms. The fourth-order valence-electron chi connectivity index (χ4n) is 2.03. The van der Waals surface area contributed by atoms with Crippen molar-refractivity contribution in [2.24, 2.45) is 0 Å². The molecule has 0 atom stereocenters. The van der Waals surface area contributed by atoms with Gasteiger partial charge in [0, 0.05) is 5.69 Å². The highest BCUT2D eigenvalue weighted by Crippen LogP contribution is 2.23. The normalized spacial score (nSPS) is 10.5. The van der Waals surface area contributed by atoms with Gasteiger partial charge < -0.3 is 9.73 Å². The van der Waals surface area contributed by atoms with Crippen molar-refractivity contribution >= 4 is 11.6 Å². The predicted octanol–water partition coefficient (Wildman–Crippen LogP) is 3.36. The molecular weight excluding hydrogens is 240 g/mol. The van der Waals surface area contributed by atoms with Crippen LogP contribution in [0.15, 0.2) is 28.8 Å². The zero-order chi connectivity index (χ0) is 13.8. The molecule has 0 aliphatic heterocycles. The second-order valence-electron chi connectivity index (χ2n) is 4.39. The van der Waals surface area contributed by atoms with Crippen LogP contribution in [-0.4, -0.2) is 10.9 Å². The third kappa shape index (κ3) is 2.84. The van der Waals surface area contributed by atoms with E-state index in [1.807, 2.05) is 18.2 Å². The number of aromatic nitrogens is 1. The Bertz CT molecular complexity index is 565. The van der Waals surface area contributed by atoms with Crippen LogP contribution in [0.4, 0.5) is 5.69 Å². The van der Waals surface area contributed by atoms with Crippen molar-refractivity contribution in [3.63, 3.8) is 0 Å². The van der Waals surface area contributed by atoms with Crippen LogP contribution >= 0.6 is 0 Å². The summed E-state index contributed by atoms with van der Waals surface area (Å²) in [7, 11) is 0. The number of aryl methyl sites for hydroxylation is 3. The summed E-state index contributed by atoms with van der Waals surface area (Å²) in [6.07, 6.45) is 3.28. The minimum atomic E-state index is -0.302. The molecule has 0 saturated carbocycles. The Morgan fingerprint density at radius 1 is 1.26 bits per heavy atom. The summed E-state index contributed by atoms with van der Waals surface area (Å²) < 4.78 is 5.24. The number of benzene rings is 1. The van der Waals surface area contributed by atoms with Crippen molar-refractivity contribution in [2.45, 2.75) is 33.6 Å². The third-order valence-electron chi connectivity index (χ3n) is 3.05. The van der Waals surface area contributed by atoms with E-state index in [1.165, 1.54) is 0 Å². The summed E-state index contributed by atoms with van der Waals surface area (Å²) in [4.78, 5) is 16.0. The van der Waals surface area contributed by atoms with Gasteiger partial charge >= 0.3 is 5.91 Å². The summed E-state index contributed by atoms with van der Waals surface area (Å²) in [6, 6.07) is 6.06. The largest absolute Gasteiger partial charge is 0.438 e. The maximum absolute atomic E-state index is 12.1. The summed E-state index contributed by atoms with van der Waals surface area (Å²) in [6.45, 7) is 5.90. The third-order valence-corrected chi connectivity index (χ3v) is 3.05. The molecule has 1 aromatic heterocycles. The fourth-order valence-corrected chi connectivity index (χ4v) is 2.03. The summed E-state index contributed by atoms with van der Waals surface area (Å²) in [5.41, 5.74) is 3.13. The number of anilines is 1. The molecule has 2 aromatic rings. The van der Waals surface area contributed by atoms with Crippen molar-refractivity contribution in [2.75, 3.05) is 5.32 Å². The number of nitrogens with one attached hydrogen (secondary N) is 1. The molecule has 1 N–H and O–H groups in total. The average Bonchev–Trinajstić information content (AvgIpc) is 2.85. The highest BCUT2D eigenvalue weighted by molar-refractivity contribution is 6.01. The molecule has 4 heteroatoms. The van der Waals surface area contributed by atoms with Crippen LogP contribution in [0.1, 0.15) is 41.4 Å². The maximum atomic E-state index is 12.1. The van der Waals surface area contributed by atoms with E-state index in [0.717, 1.165) is 29.7 Å². The van der Waals surface area contributed by atoms with Gasteiger partial charge in [0.05, 0.1) is 6.20 Å². The van der Waals surface area contributed by atoms with Gasteiger partial charge in [-0.3, -0.25) is 4.79 Å². The number of amides is 1. The van der Waals surface area contributed by atoms with E-state index in [2.05, 4.69) is 24.1 Å². The second-order valence-corrected chi connectivity index (χ2v) is 4.39. The van der Waals surface area contributed by atoms with E-state index >= 15 is 0 Å². The Morgan fingerprint density at radius 2 is 1.89 bits per heavy atom. The first-order valence-electron chi connectivity index (χ1n) is 6.50. The first-order valence-corrected chi connectivity index (χ1v) is 6.50. The van der Waals surface area contributed by atoms with Crippen LogP contribution in [0.3, 0.4) is 0 Å². The van der Waals surface area contributed by atoms with E-state index in [9.17, 15) is 4.79 Å². The number of hydrogen-bond acceptors (Lipinski definition) is 3. The molecule has 2 rings (SSSR count). The highest BCUT2D eigenvalue weighted by Gasteiger charge is 2.15. The second kappa shape index (κ2) is 5.69. The summed E-state index contributed by atoms with van der Waals surface area (Å²) >= 11 is 0. The Hall–Kier alpha value is -2.10. The van der Waals surface area contributed by atoms with Gasteiger partial charge in [-0.1, -0.05) is 32.0 Å². The van der Waals surface area contributed by atoms with E-state index < -0.39 is 0 Å². The molecule has 1 heterocycles. The monoisotopic (exact) mass is 258 g/mol. The fraction of sp³-hybridized carbons (Fsp3) is 0.333. The Kier molecular flexibility index (Phi) is 4.00. The van der Waals surface area contributed by atoms with Gasteiger partial charge in [0.15, 0.2) is 0 Å². The number of para-hydroxylation sites is 1. The van der Waals surface area contributed by atoms with Gasteiger partial charge in [-0.05, 0) is 30.9 Å². The molecular formula is C15H18N2O2. The molecule has 1 amide bonds. The first-order chi connectivity index (χ1) is 9.15. The Labute approximate surface area is 112 Å². The number of hydrogen-bond donors (Lipinski definition) is 1. The molecule has 0 aliphatic rings. The molecule has 0 aliphatic carbocycles. The lowest BCUT2D eigenvalue weighted by molar-refractivity contribution is 0.0989. The lowest BCUT2D eigenvalue weighted by Gasteiger charge is -2.13. The van der Waals surface area contributed by atoms with Gasteiger partial charge in [0.1, 0.15) is 5.76 Å². The predicted molar refractivity (Wildman–Crippen MR) is 74.4 cm³/mol. The number of carbonyl (C=O) groups is 1. The van der Waals surface area contributed by atoms with E-state index in [1.54, 1.807) is 13.1 Å². The van der Waals surface area contributed by atoms with Gasteiger partial charge in [-0.2, -0.15) is 0 Å². The molecule has 1 aromatic carbocycles. The van der Waals surface area contributed by atoms with Crippen LogP contribution in [0.5, 0.6) is 0 Å². The lowest BCUT2D eigenvalue weighted by Crippen LogP contribution is -2.15. The molecule has 19 heavy (non-hydrogen) atoms. The molecule has 100 valence electrons. The Balaban J connectivity index is 2.30. The quantitative estimate of drug-likeness (QED) is 0.914. The molecule has 0 fully saturated rings. The zero-order valence-corrected chi connectivity index (χ0v) is 11.5. The standard InChI is InChI=1S/C15H18N2O2/c1-4-11-7-6-8-12(5-2)13(11)17-14(18)15-16-9-10(3)19-15/h6-9H,4-5H2,1-3H3,(H,17,18). The molecule has 4 nitrogen and oxygen atoms in total. The number of carbonyl (C=O) groups excluding carboxylic acids is 1. The van der Waals surface area contributed by atoms with E-state index in [0.29, 0.717) is 5.76 Å². The average molecular weight is 258 g/mol. The van der Waals surface area contributed by atoms with Gasteiger partial charge in [0.2, 0.25) is 0 Å². The summed E-state index contributed by atoms with van der Waals surface area (Å²) in [5.74, 6) is 0.429. The highest BCUT2D eigenvalue weighted by atomic mass is 16.4. The maximum Gasteiger partial charge on any atom is 0.311 e. The molecule has 0 saturated heterocycles. The van der Waals surface area contributed by atoms with Gasteiger partial charge in [-0.25, -0.2) is 4.98 Å². The zero-order valence-electron chi connectivity index (χ0n) is 11.5. The number of nitrogens with zero attached hydrogens (tertiary/aromatic N) is 1. The molecule has 0 spiro atoms. The van der Waals surface area contributed by atoms with Crippen LogP contribution in [0.25, 0.3) is 0 Å². The van der Waals surface area contributed by atoms with Crippen LogP contribution in [-0.2, 0) is 12.8 Å². The molecule has 0 unspecified atom stereocenters. The lowest BCUT2D eigenvalue weighted by atomic mass is 10.0. The van der Waals surface area contributed by atoms with Crippen LogP contribution in [0.2, 0.25) is 0 Å². The first kappa shape index (κ1) is 13.3. The van der Waals surface area contributed by atoms with Crippen molar-refractivity contribution in [1.29, 1.82) is 0 Å². The summed E-state index contributed by atoms with van der Waals surface area (Å²) in [5, 5.41) is 2.92.